The molecular weight excluding hydrogens is 470 g/mol. The van der Waals surface area contributed by atoms with Crippen molar-refractivity contribution in [2.75, 3.05) is 19.0 Å². The number of amides is 1. The van der Waals surface area contributed by atoms with E-state index < -0.39 is 26.9 Å². The lowest BCUT2D eigenvalue weighted by molar-refractivity contribution is -0.384. The molecule has 1 unspecified atom stereocenters. The van der Waals surface area contributed by atoms with Gasteiger partial charge in [0.05, 0.1) is 16.9 Å². The van der Waals surface area contributed by atoms with E-state index in [9.17, 15) is 23.3 Å². The summed E-state index contributed by atoms with van der Waals surface area (Å²) >= 11 is 1.16. The third kappa shape index (κ3) is 4.69. The monoisotopic (exact) mass is 489 g/mol. The molecule has 1 amide bonds. The van der Waals surface area contributed by atoms with Gasteiger partial charge >= 0.3 is 0 Å². The average Bonchev–Trinajstić information content (AvgIpc) is 3.49. The molecule has 1 aromatic heterocycles. The number of benzene rings is 2. The molecule has 1 atom stereocenters. The Balaban J connectivity index is 1.50. The van der Waals surface area contributed by atoms with Gasteiger partial charge in [-0.3, -0.25) is 20.2 Å². The van der Waals surface area contributed by atoms with Gasteiger partial charge in [0, 0.05) is 24.2 Å². The van der Waals surface area contributed by atoms with Crippen LogP contribution in [0.5, 0.6) is 5.75 Å². The maximum absolute atomic E-state index is 13.1. The Morgan fingerprint density at radius 1 is 1.24 bits per heavy atom. The first-order valence-corrected chi connectivity index (χ1v) is 12.1. The van der Waals surface area contributed by atoms with Crippen molar-refractivity contribution < 1.29 is 22.9 Å². The zero-order valence-electron chi connectivity index (χ0n) is 17.4. The lowest BCUT2D eigenvalue weighted by atomic mass is 10.2. The first kappa shape index (κ1) is 22.8. The highest BCUT2D eigenvalue weighted by atomic mass is 32.2. The van der Waals surface area contributed by atoms with E-state index in [-0.39, 0.29) is 22.3 Å². The van der Waals surface area contributed by atoms with Gasteiger partial charge in [-0.15, -0.1) is 10.2 Å². The second-order valence-corrected chi connectivity index (χ2v) is 10.0. The molecule has 33 heavy (non-hydrogen) atoms. The van der Waals surface area contributed by atoms with Crippen LogP contribution in [0.25, 0.3) is 10.6 Å². The summed E-state index contributed by atoms with van der Waals surface area (Å²) in [6.45, 7) is 0.169. The van der Waals surface area contributed by atoms with Crippen LogP contribution in [0, 0.1) is 10.1 Å². The molecule has 1 N–H and O–H groups in total. The number of hydrogen-bond acceptors (Lipinski definition) is 9. The molecule has 0 aliphatic carbocycles. The van der Waals surface area contributed by atoms with Crippen molar-refractivity contribution in [2.45, 2.75) is 23.8 Å². The molecule has 4 rings (SSSR count). The number of methoxy groups -OCH3 is 1. The lowest BCUT2D eigenvalue weighted by Crippen LogP contribution is -2.43. The molecule has 0 spiro atoms. The smallest absolute Gasteiger partial charge is 0.269 e. The Labute approximate surface area is 193 Å². The highest BCUT2D eigenvalue weighted by molar-refractivity contribution is 7.89. The molecule has 1 saturated heterocycles. The van der Waals surface area contributed by atoms with Crippen molar-refractivity contribution in [3.8, 4) is 16.3 Å². The fourth-order valence-electron chi connectivity index (χ4n) is 3.50. The summed E-state index contributed by atoms with van der Waals surface area (Å²) in [5, 5.41) is 22.4. The molecule has 13 heteroatoms. The molecule has 11 nitrogen and oxygen atoms in total. The van der Waals surface area contributed by atoms with Crippen LogP contribution in [0.3, 0.4) is 0 Å². The van der Waals surface area contributed by atoms with E-state index in [0.29, 0.717) is 23.6 Å². The number of non-ortho nitro benzene ring substituents is 1. The van der Waals surface area contributed by atoms with Crippen molar-refractivity contribution in [1.29, 1.82) is 0 Å². The zero-order chi connectivity index (χ0) is 23.6. The third-order valence-electron chi connectivity index (χ3n) is 5.13. The second-order valence-electron chi connectivity index (χ2n) is 7.16. The van der Waals surface area contributed by atoms with Crippen LogP contribution in [0.1, 0.15) is 12.8 Å². The van der Waals surface area contributed by atoms with Gasteiger partial charge in [-0.05, 0) is 37.1 Å². The van der Waals surface area contributed by atoms with Gasteiger partial charge in [0.25, 0.3) is 5.69 Å². The van der Waals surface area contributed by atoms with E-state index in [1.54, 1.807) is 19.2 Å². The van der Waals surface area contributed by atoms with Crippen molar-refractivity contribution in [3.05, 3.63) is 58.6 Å². The van der Waals surface area contributed by atoms with E-state index in [0.717, 1.165) is 33.3 Å². The van der Waals surface area contributed by atoms with Gasteiger partial charge in [-0.1, -0.05) is 23.5 Å². The largest absolute Gasteiger partial charge is 0.497 e. The summed E-state index contributed by atoms with van der Waals surface area (Å²) in [4.78, 5) is 23.0. The number of rotatable bonds is 7. The molecule has 0 bridgehead atoms. The van der Waals surface area contributed by atoms with Crippen LogP contribution in [0.15, 0.2) is 53.4 Å². The molecule has 0 radical (unpaired) electrons. The number of hydrogen-bond donors (Lipinski definition) is 1. The number of anilines is 1. The molecule has 1 fully saturated rings. The van der Waals surface area contributed by atoms with E-state index in [1.165, 1.54) is 12.1 Å². The van der Waals surface area contributed by atoms with Crippen molar-refractivity contribution in [3.63, 3.8) is 0 Å². The predicted octanol–water partition coefficient (Wildman–Crippen LogP) is 2.91. The molecular formula is C20H19N5O6S2. The van der Waals surface area contributed by atoms with Crippen LogP contribution in [-0.4, -0.2) is 53.4 Å². The first-order valence-electron chi connectivity index (χ1n) is 9.84. The first-order chi connectivity index (χ1) is 15.8. The molecule has 172 valence electrons. The Morgan fingerprint density at radius 2 is 2.00 bits per heavy atom. The van der Waals surface area contributed by atoms with Gasteiger partial charge in [0.2, 0.25) is 21.1 Å². The summed E-state index contributed by atoms with van der Waals surface area (Å²) in [6, 6.07) is 10.9. The number of sulfonamides is 1. The summed E-state index contributed by atoms with van der Waals surface area (Å²) < 4.78 is 32.5. The summed E-state index contributed by atoms with van der Waals surface area (Å²) in [5.41, 5.74) is 0.559. The predicted molar refractivity (Wildman–Crippen MR) is 121 cm³/mol. The Kier molecular flexibility index (Phi) is 6.35. The number of nitro groups is 1. The van der Waals surface area contributed by atoms with Crippen LogP contribution in [0.2, 0.25) is 0 Å². The number of nitro benzene ring substituents is 1. The van der Waals surface area contributed by atoms with Gasteiger partial charge in [-0.25, -0.2) is 8.42 Å². The number of nitrogens with one attached hydrogen (secondary N) is 1. The Morgan fingerprint density at radius 3 is 2.70 bits per heavy atom. The highest BCUT2D eigenvalue weighted by Gasteiger charge is 2.39. The lowest BCUT2D eigenvalue weighted by Gasteiger charge is -2.22. The van der Waals surface area contributed by atoms with Crippen LogP contribution in [0.4, 0.5) is 10.8 Å². The average molecular weight is 490 g/mol. The van der Waals surface area contributed by atoms with E-state index in [1.807, 2.05) is 12.1 Å². The maximum atomic E-state index is 13.1. The fourth-order valence-corrected chi connectivity index (χ4v) is 5.90. The zero-order valence-corrected chi connectivity index (χ0v) is 19.0. The van der Waals surface area contributed by atoms with Crippen molar-refractivity contribution in [1.82, 2.24) is 14.5 Å². The molecule has 1 aliphatic rings. The quantitative estimate of drug-likeness (QED) is 0.394. The van der Waals surface area contributed by atoms with Gasteiger partial charge < -0.3 is 4.74 Å². The van der Waals surface area contributed by atoms with E-state index >= 15 is 0 Å². The summed E-state index contributed by atoms with van der Waals surface area (Å²) in [6.07, 6.45) is 0.856. The SMILES string of the molecule is COc1cccc(-c2nnc(NC(=O)C3CCCN3S(=O)(=O)c3ccc([N+](=O)[O-])cc3)s2)c1. The number of carbonyl (C=O) groups excluding carboxylic acids is 1. The van der Waals surface area contributed by atoms with E-state index in [2.05, 4.69) is 15.5 Å². The second kappa shape index (κ2) is 9.21. The van der Waals surface area contributed by atoms with Crippen molar-refractivity contribution in [2.24, 2.45) is 0 Å². The third-order valence-corrected chi connectivity index (χ3v) is 7.94. The minimum atomic E-state index is -4.01. The Bertz CT molecular complexity index is 1290. The van der Waals surface area contributed by atoms with Gasteiger partial charge in [0.15, 0.2) is 0 Å². The minimum absolute atomic E-state index is 0.107. The number of carbonyl (C=O) groups is 1. The highest BCUT2D eigenvalue weighted by Crippen LogP contribution is 2.31. The van der Waals surface area contributed by atoms with Crippen LogP contribution in [-0.2, 0) is 14.8 Å². The Hall–Kier alpha value is -3.42. The molecule has 2 heterocycles. The van der Waals surface area contributed by atoms with Gasteiger partial charge in [-0.2, -0.15) is 4.31 Å². The molecule has 1 aliphatic heterocycles. The summed E-state index contributed by atoms with van der Waals surface area (Å²) in [7, 11) is -2.45. The molecule has 3 aromatic rings. The van der Waals surface area contributed by atoms with Crippen LogP contribution < -0.4 is 10.1 Å². The summed E-state index contributed by atoms with van der Waals surface area (Å²) in [5.74, 6) is 0.151. The minimum Gasteiger partial charge on any atom is -0.497 e. The molecule has 0 saturated carbocycles. The fraction of sp³-hybridized carbons (Fsp3) is 0.250. The van der Waals surface area contributed by atoms with Crippen molar-refractivity contribution >= 4 is 38.1 Å². The maximum Gasteiger partial charge on any atom is 0.269 e. The van der Waals surface area contributed by atoms with E-state index in [4.69, 9.17) is 4.74 Å². The number of ether oxygens (including phenoxy) is 1. The number of nitrogens with zero attached hydrogens (tertiary/aromatic N) is 4. The standard InChI is InChI=1S/C20H19N5O6S2/c1-31-15-5-2-4-13(12-15)19-22-23-20(32-19)21-18(26)17-6-3-11-24(17)33(29,30)16-9-7-14(8-10-16)25(27)28/h2,4-5,7-10,12,17H,3,6,11H2,1H3,(H,21,23,26). The number of aromatic nitrogens is 2. The normalized spacial score (nSPS) is 16.5. The van der Waals surface area contributed by atoms with Crippen LogP contribution >= 0.6 is 11.3 Å². The topological polar surface area (TPSA) is 145 Å². The molecule has 2 aromatic carbocycles. The van der Waals surface area contributed by atoms with Gasteiger partial charge in [0.1, 0.15) is 16.8 Å².